The van der Waals surface area contributed by atoms with Gasteiger partial charge in [-0.2, -0.15) is 0 Å². The van der Waals surface area contributed by atoms with Crippen LogP contribution in [-0.4, -0.2) is 69.8 Å². The Morgan fingerprint density at radius 2 is 1.80 bits per heavy atom. The Morgan fingerprint density at radius 3 is 2.50 bits per heavy atom. The van der Waals surface area contributed by atoms with Crippen molar-refractivity contribution < 1.29 is 4.79 Å². The average molecular weight is 426 g/mol. The zero-order chi connectivity index (χ0) is 21.1. The molecule has 1 aliphatic heterocycles. The van der Waals surface area contributed by atoms with Crippen LogP contribution in [0.15, 0.2) is 54.9 Å². The molecule has 3 aromatic rings. The first-order chi connectivity index (χ1) is 14.5. The number of piperazine rings is 1. The van der Waals surface area contributed by atoms with Crippen molar-refractivity contribution in [3.05, 3.63) is 71.1 Å². The Morgan fingerprint density at radius 1 is 1.10 bits per heavy atom. The number of hydrogen-bond donors (Lipinski definition) is 0. The predicted octanol–water partition coefficient (Wildman–Crippen LogP) is 3.32. The number of aromatic nitrogens is 2. The van der Waals surface area contributed by atoms with E-state index in [0.29, 0.717) is 11.6 Å². The molecule has 0 radical (unpaired) electrons. The molecule has 0 N–H and O–H groups in total. The number of pyridine rings is 1. The smallest absolute Gasteiger partial charge is 0.236 e. The number of amides is 1. The standard InChI is InChI=1S/C23H28ClN5O/c1-18(19-6-8-20(24)9-7-19)26(2)23(30)17-28-13-11-27(12-14-28)15-21-16-29-10-4-3-5-22(29)25-21/h3-10,16,18H,11-15,17H2,1-2H3. The molecule has 0 saturated carbocycles. The molecule has 158 valence electrons. The molecule has 1 aliphatic rings. The summed E-state index contributed by atoms with van der Waals surface area (Å²) in [6.07, 6.45) is 4.12. The first kappa shape index (κ1) is 20.8. The van der Waals surface area contributed by atoms with Gasteiger partial charge in [0.2, 0.25) is 5.91 Å². The summed E-state index contributed by atoms with van der Waals surface area (Å²) >= 11 is 5.97. The Balaban J connectivity index is 1.26. The van der Waals surface area contributed by atoms with Crippen LogP contribution in [0.5, 0.6) is 0 Å². The summed E-state index contributed by atoms with van der Waals surface area (Å²) in [6.45, 7) is 7.02. The van der Waals surface area contributed by atoms with Gasteiger partial charge in [0.1, 0.15) is 5.65 Å². The molecule has 0 aliphatic carbocycles. The Labute approximate surface area is 182 Å². The van der Waals surface area contributed by atoms with Gasteiger partial charge in [-0.1, -0.05) is 29.8 Å². The lowest BCUT2D eigenvalue weighted by molar-refractivity contribution is -0.133. The summed E-state index contributed by atoms with van der Waals surface area (Å²) in [7, 11) is 1.88. The molecule has 6 nitrogen and oxygen atoms in total. The lowest BCUT2D eigenvalue weighted by Gasteiger charge is -2.35. The summed E-state index contributed by atoms with van der Waals surface area (Å²) in [5, 5.41) is 0.710. The predicted molar refractivity (Wildman–Crippen MR) is 120 cm³/mol. The summed E-state index contributed by atoms with van der Waals surface area (Å²) < 4.78 is 2.06. The second-order valence-electron chi connectivity index (χ2n) is 7.98. The van der Waals surface area contributed by atoms with Crippen LogP contribution in [0.25, 0.3) is 5.65 Å². The monoisotopic (exact) mass is 425 g/mol. The van der Waals surface area contributed by atoms with Gasteiger partial charge in [-0.05, 0) is 36.8 Å². The van der Waals surface area contributed by atoms with Crippen LogP contribution in [0.2, 0.25) is 5.02 Å². The number of imidazole rings is 1. The van der Waals surface area contributed by atoms with Gasteiger partial charge < -0.3 is 9.30 Å². The van der Waals surface area contributed by atoms with E-state index in [1.807, 2.05) is 67.5 Å². The zero-order valence-corrected chi connectivity index (χ0v) is 18.3. The van der Waals surface area contributed by atoms with Gasteiger partial charge in [-0.25, -0.2) is 4.98 Å². The second kappa shape index (κ2) is 9.16. The lowest BCUT2D eigenvalue weighted by Crippen LogP contribution is -2.49. The van der Waals surface area contributed by atoms with Gasteiger partial charge in [0.25, 0.3) is 0 Å². The molecule has 1 atom stereocenters. The zero-order valence-electron chi connectivity index (χ0n) is 17.5. The molecule has 7 heteroatoms. The maximum Gasteiger partial charge on any atom is 0.236 e. The minimum Gasteiger partial charge on any atom is -0.338 e. The topological polar surface area (TPSA) is 44.1 Å². The summed E-state index contributed by atoms with van der Waals surface area (Å²) in [4.78, 5) is 24.0. The number of carbonyl (C=O) groups is 1. The van der Waals surface area contributed by atoms with Crippen molar-refractivity contribution in [1.29, 1.82) is 0 Å². The summed E-state index contributed by atoms with van der Waals surface area (Å²) in [5.74, 6) is 0.145. The molecule has 1 unspecified atom stereocenters. The van der Waals surface area contributed by atoms with Gasteiger partial charge in [-0.15, -0.1) is 0 Å². The highest BCUT2D eigenvalue weighted by Gasteiger charge is 2.23. The van der Waals surface area contributed by atoms with E-state index in [4.69, 9.17) is 11.6 Å². The average Bonchev–Trinajstić information content (AvgIpc) is 3.17. The molecule has 2 aromatic heterocycles. The molecule has 1 fully saturated rings. The van der Waals surface area contributed by atoms with E-state index in [0.717, 1.165) is 49.6 Å². The third-order valence-corrected chi connectivity index (χ3v) is 6.20. The van der Waals surface area contributed by atoms with Crippen molar-refractivity contribution in [2.75, 3.05) is 39.8 Å². The molecular weight excluding hydrogens is 398 g/mol. The highest BCUT2D eigenvalue weighted by atomic mass is 35.5. The third kappa shape index (κ3) is 4.83. The molecule has 4 rings (SSSR count). The second-order valence-corrected chi connectivity index (χ2v) is 8.42. The largest absolute Gasteiger partial charge is 0.338 e. The third-order valence-electron chi connectivity index (χ3n) is 5.95. The van der Waals surface area contributed by atoms with Gasteiger partial charge in [0, 0.05) is 57.2 Å². The summed E-state index contributed by atoms with van der Waals surface area (Å²) in [5.41, 5.74) is 3.16. The molecule has 1 saturated heterocycles. The number of benzene rings is 1. The maximum absolute atomic E-state index is 12.8. The number of rotatable bonds is 6. The van der Waals surface area contributed by atoms with Crippen LogP contribution in [-0.2, 0) is 11.3 Å². The van der Waals surface area contributed by atoms with Crippen molar-refractivity contribution in [1.82, 2.24) is 24.1 Å². The highest BCUT2D eigenvalue weighted by Crippen LogP contribution is 2.21. The van der Waals surface area contributed by atoms with E-state index < -0.39 is 0 Å². The first-order valence-electron chi connectivity index (χ1n) is 10.4. The minimum atomic E-state index is 0.0195. The number of nitrogens with zero attached hydrogens (tertiary/aromatic N) is 5. The van der Waals surface area contributed by atoms with Gasteiger partial charge in [0.05, 0.1) is 18.3 Å². The van der Waals surface area contributed by atoms with Gasteiger partial charge >= 0.3 is 0 Å². The summed E-state index contributed by atoms with van der Waals surface area (Å²) in [6, 6.07) is 13.8. The number of fused-ring (bicyclic) bond motifs is 1. The Kier molecular flexibility index (Phi) is 6.37. The van der Waals surface area contributed by atoms with Crippen LogP contribution in [0.4, 0.5) is 0 Å². The van der Waals surface area contributed by atoms with Gasteiger partial charge in [-0.3, -0.25) is 14.6 Å². The van der Waals surface area contributed by atoms with E-state index in [1.54, 1.807) is 0 Å². The maximum atomic E-state index is 12.8. The minimum absolute atomic E-state index is 0.0195. The van der Waals surface area contributed by atoms with E-state index >= 15 is 0 Å². The fourth-order valence-electron chi connectivity index (χ4n) is 3.88. The lowest BCUT2D eigenvalue weighted by atomic mass is 10.1. The fraction of sp³-hybridized carbons (Fsp3) is 0.391. The van der Waals surface area contributed by atoms with Crippen molar-refractivity contribution in [2.24, 2.45) is 0 Å². The van der Waals surface area contributed by atoms with Crippen LogP contribution in [0.1, 0.15) is 24.2 Å². The molecular formula is C23H28ClN5O. The van der Waals surface area contributed by atoms with Crippen molar-refractivity contribution in [3.63, 3.8) is 0 Å². The number of hydrogen-bond acceptors (Lipinski definition) is 4. The van der Waals surface area contributed by atoms with Gasteiger partial charge in [0.15, 0.2) is 0 Å². The van der Waals surface area contributed by atoms with E-state index in [-0.39, 0.29) is 11.9 Å². The molecule has 0 spiro atoms. The number of likely N-dealkylation sites (N-methyl/N-ethyl adjacent to an activating group) is 1. The molecule has 3 heterocycles. The van der Waals surface area contributed by atoms with Crippen LogP contribution in [0, 0.1) is 0 Å². The first-order valence-corrected chi connectivity index (χ1v) is 10.8. The fourth-order valence-corrected chi connectivity index (χ4v) is 4.01. The molecule has 1 amide bonds. The van der Waals surface area contributed by atoms with Crippen LogP contribution < -0.4 is 0 Å². The molecule has 0 bridgehead atoms. The van der Waals surface area contributed by atoms with Crippen LogP contribution in [0.3, 0.4) is 0 Å². The quantitative estimate of drug-likeness (QED) is 0.607. The SMILES string of the molecule is CC(c1ccc(Cl)cc1)N(C)C(=O)CN1CCN(Cc2cn3ccccc3n2)CC1. The Bertz CT molecular complexity index is 961. The van der Waals surface area contributed by atoms with E-state index in [2.05, 4.69) is 25.4 Å². The van der Waals surface area contributed by atoms with Crippen molar-refractivity contribution in [2.45, 2.75) is 19.5 Å². The normalized spacial score (nSPS) is 16.6. The van der Waals surface area contributed by atoms with Crippen LogP contribution >= 0.6 is 11.6 Å². The van der Waals surface area contributed by atoms with E-state index in [1.165, 1.54) is 0 Å². The Hall–Kier alpha value is -2.41. The molecule has 1 aromatic carbocycles. The van der Waals surface area contributed by atoms with Crippen molar-refractivity contribution >= 4 is 23.2 Å². The number of carbonyl (C=O) groups excluding carboxylic acids is 1. The molecule has 30 heavy (non-hydrogen) atoms. The highest BCUT2D eigenvalue weighted by molar-refractivity contribution is 6.30. The van der Waals surface area contributed by atoms with E-state index in [9.17, 15) is 4.79 Å². The van der Waals surface area contributed by atoms with Crippen molar-refractivity contribution in [3.8, 4) is 0 Å². The number of halogens is 1.